The van der Waals surface area contributed by atoms with Gasteiger partial charge in [0, 0.05) is 25.4 Å². The van der Waals surface area contributed by atoms with Crippen molar-refractivity contribution in [1.82, 2.24) is 4.90 Å². The summed E-state index contributed by atoms with van der Waals surface area (Å²) in [6, 6.07) is 0. The lowest BCUT2D eigenvalue weighted by molar-refractivity contribution is -0.150. The van der Waals surface area contributed by atoms with Gasteiger partial charge in [-0.05, 0) is 0 Å². The molecule has 74 valence electrons. The van der Waals surface area contributed by atoms with Crippen LogP contribution in [0.3, 0.4) is 0 Å². The van der Waals surface area contributed by atoms with Crippen molar-refractivity contribution in [3.05, 3.63) is 0 Å². The Kier molecular flexibility index (Phi) is 2.90. The molecular weight excluding hydrogens is 170 g/mol. The number of aliphatic carboxylic acids is 1. The van der Waals surface area contributed by atoms with E-state index in [9.17, 15) is 9.59 Å². The third kappa shape index (κ3) is 1.99. The summed E-state index contributed by atoms with van der Waals surface area (Å²) in [4.78, 5) is 23.4. The number of hydrogen-bond donors (Lipinski definition) is 1. The summed E-state index contributed by atoms with van der Waals surface area (Å²) < 4.78 is 0. The van der Waals surface area contributed by atoms with Crippen LogP contribution in [0, 0.1) is 11.8 Å². The number of carbonyl (C=O) groups excluding carboxylic acids is 1. The molecule has 1 fully saturated rings. The second-order valence-corrected chi connectivity index (χ2v) is 3.54. The van der Waals surface area contributed by atoms with Gasteiger partial charge in [-0.15, -0.1) is 0 Å². The molecule has 0 aliphatic carbocycles. The lowest BCUT2D eigenvalue weighted by atomic mass is 9.87. The topological polar surface area (TPSA) is 57.6 Å². The Balaban J connectivity index is 2.33. The molecule has 0 aromatic rings. The maximum atomic E-state index is 11.1. The van der Waals surface area contributed by atoms with Crippen LogP contribution in [0.5, 0.6) is 0 Å². The van der Waals surface area contributed by atoms with Crippen LogP contribution in [0.4, 0.5) is 0 Å². The Morgan fingerprint density at radius 2 is 2.08 bits per heavy atom. The lowest BCUT2D eigenvalue weighted by Gasteiger charge is -2.41. The van der Waals surface area contributed by atoms with Gasteiger partial charge in [-0.2, -0.15) is 0 Å². The van der Waals surface area contributed by atoms with E-state index in [1.807, 2.05) is 6.92 Å². The molecule has 4 nitrogen and oxygen atoms in total. The highest BCUT2D eigenvalue weighted by Crippen LogP contribution is 2.24. The van der Waals surface area contributed by atoms with Gasteiger partial charge in [0.2, 0.25) is 5.91 Å². The second-order valence-electron chi connectivity index (χ2n) is 3.54. The summed E-state index contributed by atoms with van der Waals surface area (Å²) in [6.07, 6.45) is 0.508. The average Bonchev–Trinajstić information content (AvgIpc) is 2.00. The van der Waals surface area contributed by atoms with E-state index in [0.29, 0.717) is 19.5 Å². The molecule has 1 rings (SSSR count). The number of rotatable bonds is 3. The van der Waals surface area contributed by atoms with Gasteiger partial charge in [0.25, 0.3) is 0 Å². The van der Waals surface area contributed by atoms with Gasteiger partial charge >= 0.3 is 5.97 Å². The molecule has 1 unspecified atom stereocenters. The number of likely N-dealkylation sites (tertiary alicyclic amines) is 1. The number of hydrogen-bond acceptors (Lipinski definition) is 2. The fourth-order valence-electron chi connectivity index (χ4n) is 1.46. The van der Waals surface area contributed by atoms with Crippen molar-refractivity contribution >= 4 is 11.9 Å². The zero-order valence-electron chi connectivity index (χ0n) is 7.99. The molecule has 1 heterocycles. The Labute approximate surface area is 77.5 Å². The van der Waals surface area contributed by atoms with Crippen molar-refractivity contribution in [3.63, 3.8) is 0 Å². The maximum absolute atomic E-state index is 11.1. The molecule has 1 N–H and O–H groups in total. The Morgan fingerprint density at radius 1 is 1.54 bits per heavy atom. The van der Waals surface area contributed by atoms with Crippen LogP contribution in [-0.4, -0.2) is 35.0 Å². The zero-order chi connectivity index (χ0) is 10.0. The van der Waals surface area contributed by atoms with E-state index in [4.69, 9.17) is 5.11 Å². The van der Waals surface area contributed by atoms with Gasteiger partial charge in [0.1, 0.15) is 0 Å². The first-order valence-corrected chi connectivity index (χ1v) is 4.56. The molecule has 0 bridgehead atoms. The third-order valence-corrected chi connectivity index (χ3v) is 2.66. The molecule has 0 saturated carbocycles. The van der Waals surface area contributed by atoms with Crippen molar-refractivity contribution in [1.29, 1.82) is 0 Å². The molecule has 1 aliphatic rings. The molecule has 1 saturated heterocycles. The van der Waals surface area contributed by atoms with Crippen molar-refractivity contribution in [2.75, 3.05) is 13.1 Å². The highest BCUT2D eigenvalue weighted by atomic mass is 16.4. The number of carboxylic acids is 1. The molecular formula is C9H15NO3. The van der Waals surface area contributed by atoms with Crippen LogP contribution in [0.2, 0.25) is 0 Å². The van der Waals surface area contributed by atoms with Gasteiger partial charge in [-0.25, -0.2) is 0 Å². The van der Waals surface area contributed by atoms with E-state index in [0.717, 1.165) is 0 Å². The highest BCUT2D eigenvalue weighted by molar-refractivity contribution is 5.77. The van der Waals surface area contributed by atoms with E-state index in [-0.39, 0.29) is 17.7 Å². The quantitative estimate of drug-likeness (QED) is 0.699. The molecule has 1 aliphatic heterocycles. The summed E-state index contributed by atoms with van der Waals surface area (Å²) in [5, 5.41) is 8.70. The molecule has 13 heavy (non-hydrogen) atoms. The molecule has 0 radical (unpaired) electrons. The number of nitrogens with zero attached hydrogens (tertiary/aromatic N) is 1. The number of carboxylic acid groups (broad SMARTS) is 1. The Hall–Kier alpha value is -1.06. The van der Waals surface area contributed by atoms with Crippen LogP contribution < -0.4 is 0 Å². The summed E-state index contributed by atoms with van der Waals surface area (Å²) >= 11 is 0. The van der Waals surface area contributed by atoms with Crippen molar-refractivity contribution in [2.24, 2.45) is 11.8 Å². The minimum atomic E-state index is -0.770. The van der Waals surface area contributed by atoms with Crippen LogP contribution in [0.25, 0.3) is 0 Å². The van der Waals surface area contributed by atoms with Gasteiger partial charge in [0.15, 0.2) is 0 Å². The highest BCUT2D eigenvalue weighted by Gasteiger charge is 2.36. The summed E-state index contributed by atoms with van der Waals surface area (Å²) in [5.74, 6) is -0.837. The van der Waals surface area contributed by atoms with Crippen LogP contribution in [0.15, 0.2) is 0 Å². The van der Waals surface area contributed by atoms with Crippen molar-refractivity contribution < 1.29 is 14.7 Å². The van der Waals surface area contributed by atoms with E-state index in [2.05, 4.69) is 0 Å². The van der Waals surface area contributed by atoms with Crippen molar-refractivity contribution in [3.8, 4) is 0 Å². The summed E-state index contributed by atoms with van der Waals surface area (Å²) in [5.41, 5.74) is 0. The first kappa shape index (κ1) is 10.0. The Morgan fingerprint density at radius 3 is 2.46 bits per heavy atom. The lowest BCUT2D eigenvalue weighted by Crippen LogP contribution is -2.53. The zero-order valence-corrected chi connectivity index (χ0v) is 7.99. The Bertz CT molecular complexity index is 221. The predicted molar refractivity (Wildman–Crippen MR) is 47.2 cm³/mol. The van der Waals surface area contributed by atoms with E-state index < -0.39 is 5.97 Å². The normalized spacial score (nSPS) is 19.4. The number of carbonyl (C=O) groups is 2. The maximum Gasteiger partial charge on any atom is 0.306 e. The SMILES string of the molecule is CCC(=O)N1CC(C(C)C(=O)O)C1. The first-order chi connectivity index (χ1) is 6.06. The fraction of sp³-hybridized carbons (Fsp3) is 0.778. The third-order valence-electron chi connectivity index (χ3n) is 2.66. The van der Waals surface area contributed by atoms with E-state index in [1.165, 1.54) is 0 Å². The van der Waals surface area contributed by atoms with Crippen molar-refractivity contribution in [2.45, 2.75) is 20.3 Å². The second kappa shape index (κ2) is 3.77. The first-order valence-electron chi connectivity index (χ1n) is 4.56. The molecule has 0 aromatic carbocycles. The minimum Gasteiger partial charge on any atom is -0.481 e. The van der Waals surface area contributed by atoms with E-state index in [1.54, 1.807) is 11.8 Å². The largest absolute Gasteiger partial charge is 0.481 e. The number of amides is 1. The molecule has 4 heteroatoms. The van der Waals surface area contributed by atoms with Crippen LogP contribution in [-0.2, 0) is 9.59 Å². The van der Waals surface area contributed by atoms with Gasteiger partial charge < -0.3 is 10.0 Å². The average molecular weight is 185 g/mol. The monoisotopic (exact) mass is 185 g/mol. The summed E-state index contributed by atoms with van der Waals surface area (Å²) in [6.45, 7) is 4.73. The van der Waals surface area contributed by atoms with Crippen LogP contribution >= 0.6 is 0 Å². The minimum absolute atomic E-state index is 0.119. The molecule has 1 atom stereocenters. The smallest absolute Gasteiger partial charge is 0.306 e. The van der Waals surface area contributed by atoms with Gasteiger partial charge in [-0.3, -0.25) is 9.59 Å². The van der Waals surface area contributed by atoms with E-state index >= 15 is 0 Å². The van der Waals surface area contributed by atoms with Crippen LogP contribution in [0.1, 0.15) is 20.3 Å². The van der Waals surface area contributed by atoms with Gasteiger partial charge in [0.05, 0.1) is 5.92 Å². The fourth-order valence-corrected chi connectivity index (χ4v) is 1.46. The standard InChI is InChI=1S/C9H15NO3/c1-3-8(11)10-4-7(5-10)6(2)9(12)13/h6-7H,3-5H2,1-2H3,(H,12,13). The molecule has 1 amide bonds. The molecule has 0 spiro atoms. The molecule has 0 aromatic heterocycles. The van der Waals surface area contributed by atoms with Gasteiger partial charge in [-0.1, -0.05) is 13.8 Å². The summed E-state index contributed by atoms with van der Waals surface area (Å²) in [7, 11) is 0. The predicted octanol–water partition coefficient (Wildman–Crippen LogP) is 0.575.